The molecular formula is C16H12ClN5O2. The fourth-order valence-electron chi connectivity index (χ4n) is 2.46. The van der Waals surface area contributed by atoms with Crippen molar-refractivity contribution in [3.05, 3.63) is 64.3 Å². The molecule has 0 radical (unpaired) electrons. The van der Waals surface area contributed by atoms with Crippen LogP contribution in [0.1, 0.15) is 5.89 Å². The van der Waals surface area contributed by atoms with E-state index in [2.05, 4.69) is 15.1 Å². The predicted molar refractivity (Wildman–Crippen MR) is 88.8 cm³/mol. The first kappa shape index (κ1) is 14.6. The predicted octanol–water partition coefficient (Wildman–Crippen LogP) is 2.49. The van der Waals surface area contributed by atoms with E-state index in [1.165, 1.54) is 17.1 Å². The lowest BCUT2D eigenvalue weighted by molar-refractivity contribution is 0.484. The lowest BCUT2D eigenvalue weighted by atomic mass is 10.2. The second-order valence-corrected chi connectivity index (χ2v) is 5.74. The smallest absolute Gasteiger partial charge is 0.264 e. The summed E-state index contributed by atoms with van der Waals surface area (Å²) in [7, 11) is 1.74. The van der Waals surface area contributed by atoms with Crippen molar-refractivity contribution in [3.8, 4) is 11.3 Å². The molecule has 3 heterocycles. The number of hydrogen-bond donors (Lipinski definition) is 0. The number of oxazole rings is 1. The van der Waals surface area contributed by atoms with Crippen molar-refractivity contribution >= 4 is 22.6 Å². The van der Waals surface area contributed by atoms with E-state index in [9.17, 15) is 4.79 Å². The molecule has 0 aliphatic rings. The van der Waals surface area contributed by atoms with Crippen molar-refractivity contribution in [1.82, 2.24) is 24.3 Å². The van der Waals surface area contributed by atoms with Gasteiger partial charge in [0.1, 0.15) is 18.3 Å². The van der Waals surface area contributed by atoms with E-state index in [1.807, 2.05) is 12.1 Å². The topological polar surface area (TPSA) is 78.7 Å². The molecule has 8 heteroatoms. The van der Waals surface area contributed by atoms with Crippen LogP contribution in [0.25, 0.3) is 22.4 Å². The molecule has 0 unspecified atom stereocenters. The largest absolute Gasteiger partial charge is 0.439 e. The van der Waals surface area contributed by atoms with Gasteiger partial charge in [-0.1, -0.05) is 11.6 Å². The van der Waals surface area contributed by atoms with Crippen LogP contribution in [0.3, 0.4) is 0 Å². The average molecular weight is 342 g/mol. The summed E-state index contributed by atoms with van der Waals surface area (Å²) in [6.07, 6.45) is 4.61. The second-order valence-electron chi connectivity index (χ2n) is 5.31. The van der Waals surface area contributed by atoms with E-state index in [1.54, 1.807) is 30.1 Å². The van der Waals surface area contributed by atoms with E-state index in [0.29, 0.717) is 27.7 Å². The molecule has 0 saturated carbocycles. The Morgan fingerprint density at radius 2 is 1.96 bits per heavy atom. The van der Waals surface area contributed by atoms with Crippen LogP contribution in [0, 0.1) is 0 Å². The van der Waals surface area contributed by atoms with Crippen molar-refractivity contribution in [1.29, 1.82) is 0 Å². The second kappa shape index (κ2) is 5.61. The Kier molecular flexibility index (Phi) is 3.42. The van der Waals surface area contributed by atoms with Crippen LogP contribution in [0.5, 0.6) is 0 Å². The molecule has 24 heavy (non-hydrogen) atoms. The molecule has 0 amide bonds. The van der Waals surface area contributed by atoms with Gasteiger partial charge in [0.15, 0.2) is 11.4 Å². The molecule has 0 atom stereocenters. The van der Waals surface area contributed by atoms with Gasteiger partial charge in [0.05, 0.1) is 12.4 Å². The molecule has 0 aliphatic heterocycles. The molecule has 4 rings (SSSR count). The fourth-order valence-corrected chi connectivity index (χ4v) is 2.58. The first-order valence-corrected chi connectivity index (χ1v) is 7.57. The van der Waals surface area contributed by atoms with Gasteiger partial charge in [-0.05, 0) is 24.3 Å². The van der Waals surface area contributed by atoms with E-state index in [-0.39, 0.29) is 12.1 Å². The zero-order chi connectivity index (χ0) is 16.7. The van der Waals surface area contributed by atoms with Crippen LogP contribution in [0.15, 0.2) is 52.2 Å². The molecule has 120 valence electrons. The first-order valence-electron chi connectivity index (χ1n) is 7.19. The Bertz CT molecular complexity index is 1080. The highest BCUT2D eigenvalue weighted by Gasteiger charge is 2.11. The minimum Gasteiger partial charge on any atom is -0.439 e. The third-order valence-corrected chi connectivity index (χ3v) is 3.96. The van der Waals surface area contributed by atoms with Crippen molar-refractivity contribution in [3.63, 3.8) is 0 Å². The van der Waals surface area contributed by atoms with Crippen molar-refractivity contribution in [2.24, 2.45) is 7.05 Å². The molecule has 0 N–H and O–H groups in total. The minimum atomic E-state index is -0.181. The molecule has 4 aromatic rings. The zero-order valence-electron chi connectivity index (χ0n) is 12.7. The van der Waals surface area contributed by atoms with E-state index in [0.717, 1.165) is 5.56 Å². The molecule has 7 nitrogen and oxygen atoms in total. The maximum Gasteiger partial charge on any atom is 0.264 e. The maximum absolute atomic E-state index is 12.4. The maximum atomic E-state index is 12.4. The monoisotopic (exact) mass is 341 g/mol. The summed E-state index contributed by atoms with van der Waals surface area (Å²) in [5, 5.41) is 5.16. The molecule has 0 saturated heterocycles. The number of halogens is 1. The fraction of sp³-hybridized carbons (Fsp3) is 0.125. The molecule has 3 aromatic heterocycles. The van der Waals surface area contributed by atoms with Crippen LogP contribution in [0.4, 0.5) is 0 Å². The Morgan fingerprint density at radius 1 is 1.17 bits per heavy atom. The van der Waals surface area contributed by atoms with Crippen molar-refractivity contribution in [2.75, 3.05) is 0 Å². The van der Waals surface area contributed by atoms with Gasteiger partial charge >= 0.3 is 0 Å². The van der Waals surface area contributed by atoms with Crippen molar-refractivity contribution < 1.29 is 4.42 Å². The number of benzene rings is 1. The third kappa shape index (κ3) is 2.48. The quantitative estimate of drug-likeness (QED) is 0.572. The van der Waals surface area contributed by atoms with E-state index < -0.39 is 0 Å². The highest BCUT2D eigenvalue weighted by atomic mass is 35.5. The molecule has 0 spiro atoms. The molecular weight excluding hydrogens is 330 g/mol. The van der Waals surface area contributed by atoms with Crippen LogP contribution in [0.2, 0.25) is 5.02 Å². The van der Waals surface area contributed by atoms with Gasteiger partial charge < -0.3 is 4.42 Å². The summed E-state index contributed by atoms with van der Waals surface area (Å²) in [4.78, 5) is 20.9. The van der Waals surface area contributed by atoms with Gasteiger partial charge in [-0.25, -0.2) is 9.97 Å². The lowest BCUT2D eigenvalue weighted by Crippen LogP contribution is -2.21. The number of nitrogens with zero attached hydrogens (tertiary/aromatic N) is 5. The van der Waals surface area contributed by atoms with E-state index >= 15 is 0 Å². The summed E-state index contributed by atoms with van der Waals surface area (Å²) in [6.45, 7) is 0.199. The molecule has 0 aliphatic carbocycles. The van der Waals surface area contributed by atoms with Crippen LogP contribution < -0.4 is 5.56 Å². The van der Waals surface area contributed by atoms with Gasteiger partial charge in [0.25, 0.3) is 5.56 Å². The lowest BCUT2D eigenvalue weighted by Gasteiger charge is -2.02. The molecule has 1 aromatic carbocycles. The normalized spacial score (nSPS) is 11.2. The van der Waals surface area contributed by atoms with Gasteiger partial charge in [0.2, 0.25) is 5.89 Å². The Hall–Kier alpha value is -2.93. The standard InChI is InChI=1S/C16H12ClN5O2/c1-21-15-12(6-20-21)16(23)22(9-19-15)8-14-18-7-13(24-14)10-2-4-11(17)5-3-10/h2-7,9H,8H2,1H3. The number of rotatable bonds is 3. The summed E-state index contributed by atoms with van der Waals surface area (Å²) in [5.74, 6) is 1.04. The highest BCUT2D eigenvalue weighted by Crippen LogP contribution is 2.22. The summed E-state index contributed by atoms with van der Waals surface area (Å²) >= 11 is 5.88. The third-order valence-electron chi connectivity index (χ3n) is 3.71. The van der Waals surface area contributed by atoms with Crippen LogP contribution in [-0.4, -0.2) is 24.3 Å². The summed E-state index contributed by atoms with van der Waals surface area (Å²) in [5.41, 5.74) is 1.23. The number of fused-ring (bicyclic) bond motifs is 1. The van der Waals surface area contributed by atoms with Gasteiger partial charge in [0, 0.05) is 17.6 Å². The zero-order valence-corrected chi connectivity index (χ0v) is 13.4. The first-order chi connectivity index (χ1) is 11.6. The number of aromatic nitrogens is 5. The van der Waals surface area contributed by atoms with Crippen molar-refractivity contribution in [2.45, 2.75) is 6.54 Å². The summed E-state index contributed by atoms with van der Waals surface area (Å²) in [6, 6.07) is 7.26. The van der Waals surface area contributed by atoms with Crippen LogP contribution in [-0.2, 0) is 13.6 Å². The Balaban J connectivity index is 1.65. The van der Waals surface area contributed by atoms with E-state index in [4.69, 9.17) is 16.0 Å². The number of hydrogen-bond acceptors (Lipinski definition) is 5. The number of aryl methyl sites for hydroxylation is 1. The molecule has 0 fully saturated rings. The SMILES string of the molecule is Cn1ncc2c(=O)n(Cc3ncc(-c4ccc(Cl)cc4)o3)cnc21. The Morgan fingerprint density at radius 3 is 2.75 bits per heavy atom. The van der Waals surface area contributed by atoms with Gasteiger partial charge in [-0.15, -0.1) is 0 Å². The Labute approximate surface area is 141 Å². The highest BCUT2D eigenvalue weighted by molar-refractivity contribution is 6.30. The van der Waals surface area contributed by atoms with Gasteiger partial charge in [-0.2, -0.15) is 5.10 Å². The van der Waals surface area contributed by atoms with Crippen LogP contribution >= 0.6 is 11.6 Å². The minimum absolute atomic E-state index is 0.181. The van der Waals surface area contributed by atoms with Gasteiger partial charge in [-0.3, -0.25) is 14.0 Å². The molecule has 0 bridgehead atoms. The summed E-state index contributed by atoms with van der Waals surface area (Å²) < 4.78 is 8.73. The average Bonchev–Trinajstić information content (AvgIpc) is 3.19.